The molecule has 0 amide bonds. The minimum absolute atomic E-state index is 0.0329. The Balaban J connectivity index is 2.00. The molecule has 0 saturated heterocycles. The summed E-state index contributed by atoms with van der Waals surface area (Å²) in [5.41, 5.74) is 2.34. The number of sulfonamides is 1. The summed E-state index contributed by atoms with van der Waals surface area (Å²) in [7, 11) is -2.09. The third-order valence-corrected chi connectivity index (χ3v) is 5.87. The molecular weight excluding hydrogens is 374 g/mol. The average Bonchev–Trinajstić information content (AvgIpc) is 2.69. The van der Waals surface area contributed by atoms with Gasteiger partial charge in [-0.3, -0.25) is 0 Å². The Bertz CT molecular complexity index is 856. The molecule has 4 N–H and O–H groups in total. The summed E-state index contributed by atoms with van der Waals surface area (Å²) in [6.07, 6.45) is 1.08. The Morgan fingerprint density at radius 2 is 1.86 bits per heavy atom. The number of hydrogen-bond donors (Lipinski definition) is 3. The van der Waals surface area contributed by atoms with Crippen LogP contribution in [0.2, 0.25) is 0 Å². The molecule has 0 aliphatic carbocycles. The molecule has 28 heavy (non-hydrogen) atoms. The first kappa shape index (κ1) is 22.4. The predicted molar refractivity (Wildman–Crippen MR) is 114 cm³/mol. The Morgan fingerprint density at radius 1 is 1.18 bits per heavy atom. The SMILES string of the molecule is CCN(C)c1ccc(C(O)CNC(C)CCc2ccccc2)cc1S(N)(=O)=O. The molecule has 0 spiro atoms. The van der Waals surface area contributed by atoms with Gasteiger partial charge in [-0.2, -0.15) is 0 Å². The maximum Gasteiger partial charge on any atom is 0.240 e. The van der Waals surface area contributed by atoms with Gasteiger partial charge in [0.05, 0.1) is 11.8 Å². The number of nitrogens with two attached hydrogens (primary N) is 1. The topological polar surface area (TPSA) is 95.7 Å². The molecule has 0 heterocycles. The second-order valence-electron chi connectivity index (χ2n) is 7.14. The lowest BCUT2D eigenvalue weighted by atomic mass is 10.1. The van der Waals surface area contributed by atoms with Crippen molar-refractivity contribution < 1.29 is 13.5 Å². The first-order valence-electron chi connectivity index (χ1n) is 9.55. The van der Waals surface area contributed by atoms with E-state index in [1.807, 2.05) is 25.1 Å². The zero-order chi connectivity index (χ0) is 20.7. The molecule has 7 heteroatoms. The smallest absolute Gasteiger partial charge is 0.240 e. The number of nitrogens with zero attached hydrogens (tertiary/aromatic N) is 1. The van der Waals surface area contributed by atoms with E-state index in [0.29, 0.717) is 24.3 Å². The molecule has 6 nitrogen and oxygen atoms in total. The number of aliphatic hydroxyl groups is 1. The molecule has 0 aliphatic rings. The van der Waals surface area contributed by atoms with E-state index in [-0.39, 0.29) is 10.9 Å². The molecule has 0 saturated carbocycles. The van der Waals surface area contributed by atoms with Crippen LogP contribution in [-0.4, -0.2) is 39.7 Å². The lowest BCUT2D eigenvalue weighted by molar-refractivity contribution is 0.170. The highest BCUT2D eigenvalue weighted by Crippen LogP contribution is 2.27. The van der Waals surface area contributed by atoms with E-state index >= 15 is 0 Å². The van der Waals surface area contributed by atoms with Crippen LogP contribution in [0.4, 0.5) is 5.69 Å². The van der Waals surface area contributed by atoms with Gasteiger partial charge in [-0.15, -0.1) is 0 Å². The van der Waals surface area contributed by atoms with E-state index in [1.165, 1.54) is 11.6 Å². The predicted octanol–water partition coefficient (Wildman–Crippen LogP) is 2.43. The standard InChI is InChI=1S/C21H31N3O3S/c1-4-24(3)19-13-12-18(14-21(19)28(22,26)27)20(25)15-23-16(2)10-11-17-8-6-5-7-9-17/h5-9,12-14,16,20,23,25H,4,10-11,15H2,1-3H3,(H2,22,26,27). The van der Waals surface area contributed by atoms with Crippen molar-refractivity contribution in [2.45, 2.75) is 43.7 Å². The van der Waals surface area contributed by atoms with Gasteiger partial charge >= 0.3 is 0 Å². The van der Waals surface area contributed by atoms with Crippen molar-refractivity contribution in [3.8, 4) is 0 Å². The van der Waals surface area contributed by atoms with Gasteiger partial charge in [-0.1, -0.05) is 36.4 Å². The van der Waals surface area contributed by atoms with Crippen molar-refractivity contribution in [3.05, 3.63) is 59.7 Å². The zero-order valence-corrected chi connectivity index (χ0v) is 17.6. The Hall–Kier alpha value is -1.93. The molecule has 0 radical (unpaired) electrons. The molecular formula is C21H31N3O3S. The van der Waals surface area contributed by atoms with Crippen LogP contribution in [0.15, 0.2) is 53.4 Å². The van der Waals surface area contributed by atoms with Gasteiger partial charge in [-0.25, -0.2) is 13.6 Å². The highest BCUT2D eigenvalue weighted by Gasteiger charge is 2.19. The van der Waals surface area contributed by atoms with E-state index in [1.54, 1.807) is 24.1 Å². The fourth-order valence-electron chi connectivity index (χ4n) is 3.01. The summed E-state index contributed by atoms with van der Waals surface area (Å²) in [6, 6.07) is 15.4. The molecule has 0 aliphatic heterocycles. The fourth-order valence-corrected chi connectivity index (χ4v) is 3.83. The van der Waals surface area contributed by atoms with E-state index in [0.717, 1.165) is 12.8 Å². The van der Waals surface area contributed by atoms with Crippen molar-refractivity contribution in [1.82, 2.24) is 5.32 Å². The van der Waals surface area contributed by atoms with Gasteiger partial charge in [0.25, 0.3) is 0 Å². The summed E-state index contributed by atoms with van der Waals surface area (Å²) >= 11 is 0. The fraction of sp³-hybridized carbons (Fsp3) is 0.429. The van der Waals surface area contributed by atoms with Crippen LogP contribution in [0.3, 0.4) is 0 Å². The van der Waals surface area contributed by atoms with Gasteiger partial charge in [0.15, 0.2) is 0 Å². The first-order valence-corrected chi connectivity index (χ1v) is 11.1. The number of aliphatic hydroxyl groups excluding tert-OH is 1. The molecule has 2 atom stereocenters. The van der Waals surface area contributed by atoms with Crippen molar-refractivity contribution in [2.24, 2.45) is 5.14 Å². The highest BCUT2D eigenvalue weighted by atomic mass is 32.2. The largest absolute Gasteiger partial charge is 0.387 e. The monoisotopic (exact) mass is 405 g/mol. The second-order valence-corrected chi connectivity index (χ2v) is 8.67. The number of primary sulfonamides is 1. The first-order chi connectivity index (χ1) is 13.2. The van der Waals surface area contributed by atoms with Crippen molar-refractivity contribution >= 4 is 15.7 Å². The van der Waals surface area contributed by atoms with Crippen LogP contribution in [0.1, 0.15) is 37.5 Å². The molecule has 154 valence electrons. The third-order valence-electron chi connectivity index (χ3n) is 4.93. The molecule has 2 rings (SSSR count). The molecule has 2 unspecified atom stereocenters. The molecule has 0 fully saturated rings. The highest BCUT2D eigenvalue weighted by molar-refractivity contribution is 7.89. The van der Waals surface area contributed by atoms with Crippen molar-refractivity contribution in [2.75, 3.05) is 25.0 Å². The number of anilines is 1. The van der Waals surface area contributed by atoms with E-state index < -0.39 is 16.1 Å². The van der Waals surface area contributed by atoms with Gasteiger partial charge in [0, 0.05) is 26.2 Å². The van der Waals surface area contributed by atoms with Crippen molar-refractivity contribution in [1.29, 1.82) is 0 Å². The maximum atomic E-state index is 12.0. The minimum atomic E-state index is -3.89. The Morgan fingerprint density at radius 3 is 2.46 bits per heavy atom. The molecule has 2 aromatic rings. The number of benzene rings is 2. The normalized spacial score (nSPS) is 13.9. The van der Waals surface area contributed by atoms with Gasteiger partial charge in [0.1, 0.15) is 4.90 Å². The van der Waals surface area contributed by atoms with Crippen LogP contribution in [-0.2, 0) is 16.4 Å². The van der Waals surface area contributed by atoms with E-state index in [9.17, 15) is 13.5 Å². The third kappa shape index (κ3) is 6.31. The van der Waals surface area contributed by atoms with Crippen molar-refractivity contribution in [3.63, 3.8) is 0 Å². The average molecular weight is 406 g/mol. The van der Waals surface area contributed by atoms with E-state index in [4.69, 9.17) is 5.14 Å². The zero-order valence-electron chi connectivity index (χ0n) is 16.8. The number of hydrogen-bond acceptors (Lipinski definition) is 5. The van der Waals surface area contributed by atoms with Gasteiger partial charge in [0.2, 0.25) is 10.0 Å². The minimum Gasteiger partial charge on any atom is -0.387 e. The van der Waals surface area contributed by atoms with Crippen LogP contribution >= 0.6 is 0 Å². The molecule has 2 aromatic carbocycles. The van der Waals surface area contributed by atoms with Gasteiger partial charge < -0.3 is 15.3 Å². The molecule has 0 bridgehead atoms. The van der Waals surface area contributed by atoms with Crippen LogP contribution in [0.25, 0.3) is 0 Å². The summed E-state index contributed by atoms with van der Waals surface area (Å²) in [5.74, 6) is 0. The molecule has 0 aromatic heterocycles. The lowest BCUT2D eigenvalue weighted by Crippen LogP contribution is -2.31. The summed E-state index contributed by atoms with van der Waals surface area (Å²) in [5, 5.41) is 19.2. The van der Waals surface area contributed by atoms with E-state index in [2.05, 4.69) is 24.4 Å². The lowest BCUT2D eigenvalue weighted by Gasteiger charge is -2.22. The number of nitrogens with one attached hydrogen (secondary N) is 1. The van der Waals surface area contributed by atoms with Crippen LogP contribution in [0.5, 0.6) is 0 Å². The second kappa shape index (κ2) is 10.0. The summed E-state index contributed by atoms with van der Waals surface area (Å²) in [4.78, 5) is 1.84. The van der Waals surface area contributed by atoms with Crippen LogP contribution < -0.4 is 15.4 Å². The Labute approximate surface area is 168 Å². The summed E-state index contributed by atoms with van der Waals surface area (Å²) < 4.78 is 24.0. The quantitative estimate of drug-likeness (QED) is 0.564. The number of aryl methyl sites for hydroxylation is 1. The maximum absolute atomic E-state index is 12.0. The summed E-state index contributed by atoms with van der Waals surface area (Å²) in [6.45, 7) is 4.98. The van der Waals surface area contributed by atoms with Gasteiger partial charge in [-0.05, 0) is 49.9 Å². The Kier molecular flexibility index (Phi) is 8.00. The van der Waals surface area contributed by atoms with Crippen LogP contribution in [0, 0.1) is 0 Å². The number of rotatable bonds is 10.